The van der Waals surface area contributed by atoms with Crippen molar-refractivity contribution in [3.63, 3.8) is 0 Å². The zero-order chi connectivity index (χ0) is 17.1. The monoisotopic (exact) mass is 328 g/mol. The molecule has 0 spiro atoms. The van der Waals surface area contributed by atoms with Gasteiger partial charge in [-0.2, -0.15) is 5.10 Å². The molecular weight excluding hydrogens is 312 g/mol. The van der Waals surface area contributed by atoms with Gasteiger partial charge in [-0.05, 0) is 19.1 Å². The summed E-state index contributed by atoms with van der Waals surface area (Å²) in [5.74, 6) is -1.22. The van der Waals surface area contributed by atoms with Gasteiger partial charge in [0.05, 0.1) is 17.4 Å². The van der Waals surface area contributed by atoms with E-state index < -0.39 is 24.0 Å². The summed E-state index contributed by atoms with van der Waals surface area (Å²) in [6, 6.07) is 8.82. The van der Waals surface area contributed by atoms with E-state index >= 15 is 0 Å². The number of hydrogen-bond acceptors (Lipinski definition) is 5. The van der Waals surface area contributed by atoms with Crippen LogP contribution in [0.2, 0.25) is 0 Å². The quantitative estimate of drug-likeness (QED) is 0.844. The van der Waals surface area contributed by atoms with Gasteiger partial charge in [-0.25, -0.2) is 14.3 Å². The SMILES string of the molecule is CC(OC(=O)c1cnn(-c2ccccc2)c1)C(=O)N1CCNC1=O. The van der Waals surface area contributed by atoms with E-state index in [-0.39, 0.29) is 12.1 Å². The lowest BCUT2D eigenvalue weighted by atomic mass is 10.3. The molecule has 8 heteroatoms. The number of nitrogens with one attached hydrogen (secondary N) is 1. The zero-order valence-corrected chi connectivity index (χ0v) is 13.0. The third-order valence-corrected chi connectivity index (χ3v) is 3.59. The molecule has 3 rings (SSSR count). The molecule has 0 saturated carbocycles. The van der Waals surface area contributed by atoms with Crippen molar-refractivity contribution < 1.29 is 19.1 Å². The number of imide groups is 1. The van der Waals surface area contributed by atoms with Gasteiger partial charge in [0.15, 0.2) is 6.10 Å². The maximum Gasteiger partial charge on any atom is 0.342 e. The Morgan fingerprint density at radius 2 is 2.04 bits per heavy atom. The Hall–Kier alpha value is -3.16. The zero-order valence-electron chi connectivity index (χ0n) is 13.0. The molecule has 2 heterocycles. The number of hydrogen-bond donors (Lipinski definition) is 1. The first-order valence-electron chi connectivity index (χ1n) is 7.46. The molecule has 1 aromatic heterocycles. The Kier molecular flexibility index (Phi) is 4.28. The second-order valence-electron chi connectivity index (χ2n) is 5.28. The van der Waals surface area contributed by atoms with Gasteiger partial charge in [-0.3, -0.25) is 9.69 Å². The minimum Gasteiger partial charge on any atom is -0.449 e. The van der Waals surface area contributed by atoms with Gasteiger partial charge < -0.3 is 10.1 Å². The van der Waals surface area contributed by atoms with Gasteiger partial charge in [0.25, 0.3) is 5.91 Å². The Balaban J connectivity index is 1.66. The number of amides is 3. The normalized spacial score (nSPS) is 15.0. The van der Waals surface area contributed by atoms with Crippen molar-refractivity contribution in [3.8, 4) is 5.69 Å². The minimum atomic E-state index is -1.05. The number of ether oxygens (including phenoxy) is 1. The fraction of sp³-hybridized carbons (Fsp3) is 0.250. The standard InChI is InChI=1S/C16H16N4O4/c1-11(14(21)19-8-7-17-16(19)23)24-15(22)12-9-18-20(10-12)13-5-3-2-4-6-13/h2-6,9-11H,7-8H2,1H3,(H,17,23). The van der Waals surface area contributed by atoms with Crippen molar-refractivity contribution in [2.45, 2.75) is 13.0 Å². The molecule has 124 valence electrons. The number of para-hydroxylation sites is 1. The number of carbonyl (C=O) groups excluding carboxylic acids is 3. The molecule has 0 aliphatic carbocycles. The average Bonchev–Trinajstić information content (AvgIpc) is 3.24. The summed E-state index contributed by atoms with van der Waals surface area (Å²) in [4.78, 5) is 36.8. The van der Waals surface area contributed by atoms with Crippen molar-refractivity contribution in [1.29, 1.82) is 0 Å². The highest BCUT2D eigenvalue weighted by Crippen LogP contribution is 2.11. The van der Waals surface area contributed by atoms with E-state index in [1.165, 1.54) is 24.0 Å². The van der Waals surface area contributed by atoms with Crippen LogP contribution in [0, 0.1) is 0 Å². The number of carbonyl (C=O) groups is 3. The third kappa shape index (κ3) is 3.12. The Morgan fingerprint density at radius 3 is 2.71 bits per heavy atom. The highest BCUT2D eigenvalue weighted by atomic mass is 16.5. The molecule has 2 aromatic rings. The largest absolute Gasteiger partial charge is 0.449 e. The van der Waals surface area contributed by atoms with Crippen molar-refractivity contribution in [2.75, 3.05) is 13.1 Å². The van der Waals surface area contributed by atoms with Gasteiger partial charge in [0.2, 0.25) is 0 Å². The topological polar surface area (TPSA) is 93.5 Å². The van der Waals surface area contributed by atoms with Crippen molar-refractivity contribution in [3.05, 3.63) is 48.3 Å². The van der Waals surface area contributed by atoms with E-state index in [4.69, 9.17) is 4.74 Å². The Labute approximate surface area is 138 Å². The molecule has 1 aromatic carbocycles. The first kappa shape index (κ1) is 15.7. The van der Waals surface area contributed by atoms with Crippen LogP contribution >= 0.6 is 0 Å². The van der Waals surface area contributed by atoms with Crippen molar-refractivity contribution in [1.82, 2.24) is 20.0 Å². The van der Waals surface area contributed by atoms with Crippen LogP contribution in [-0.4, -0.2) is 51.8 Å². The summed E-state index contributed by atoms with van der Waals surface area (Å²) in [5, 5.41) is 6.63. The molecule has 1 aliphatic rings. The van der Waals surface area contributed by atoms with Crippen LogP contribution in [0.25, 0.3) is 5.69 Å². The molecule has 0 radical (unpaired) electrons. The second-order valence-corrected chi connectivity index (χ2v) is 5.28. The predicted octanol–water partition coefficient (Wildman–Crippen LogP) is 0.969. The summed E-state index contributed by atoms with van der Waals surface area (Å²) >= 11 is 0. The number of aromatic nitrogens is 2. The number of rotatable bonds is 4. The molecule has 1 fully saturated rings. The molecule has 1 atom stereocenters. The first-order chi connectivity index (χ1) is 11.6. The van der Waals surface area contributed by atoms with E-state index in [1.807, 2.05) is 30.3 Å². The molecule has 1 saturated heterocycles. The van der Waals surface area contributed by atoms with Gasteiger partial charge in [0.1, 0.15) is 0 Å². The van der Waals surface area contributed by atoms with E-state index in [9.17, 15) is 14.4 Å². The smallest absolute Gasteiger partial charge is 0.342 e. The van der Waals surface area contributed by atoms with E-state index in [0.29, 0.717) is 6.54 Å². The highest BCUT2D eigenvalue weighted by molar-refractivity contribution is 5.99. The number of urea groups is 1. The highest BCUT2D eigenvalue weighted by Gasteiger charge is 2.31. The molecule has 1 N–H and O–H groups in total. The van der Waals surface area contributed by atoms with E-state index in [0.717, 1.165) is 10.6 Å². The predicted molar refractivity (Wildman–Crippen MR) is 83.6 cm³/mol. The fourth-order valence-electron chi connectivity index (χ4n) is 2.33. The van der Waals surface area contributed by atoms with Crippen LogP contribution < -0.4 is 5.32 Å². The molecule has 3 amide bonds. The number of esters is 1. The van der Waals surface area contributed by atoms with Gasteiger partial charge in [-0.1, -0.05) is 18.2 Å². The maximum absolute atomic E-state index is 12.2. The summed E-state index contributed by atoms with van der Waals surface area (Å²) in [6.45, 7) is 2.11. The Morgan fingerprint density at radius 1 is 1.29 bits per heavy atom. The molecule has 0 bridgehead atoms. The van der Waals surface area contributed by atoms with Gasteiger partial charge in [0, 0.05) is 19.3 Å². The lowest BCUT2D eigenvalue weighted by molar-refractivity contribution is -0.136. The number of nitrogens with zero attached hydrogens (tertiary/aromatic N) is 3. The van der Waals surface area contributed by atoms with Crippen molar-refractivity contribution in [2.24, 2.45) is 0 Å². The maximum atomic E-state index is 12.2. The summed E-state index contributed by atoms with van der Waals surface area (Å²) in [6.07, 6.45) is 1.84. The van der Waals surface area contributed by atoms with E-state index in [1.54, 1.807) is 0 Å². The lowest BCUT2D eigenvalue weighted by Gasteiger charge is -2.17. The minimum absolute atomic E-state index is 0.226. The molecule has 8 nitrogen and oxygen atoms in total. The lowest BCUT2D eigenvalue weighted by Crippen LogP contribution is -2.41. The molecule has 1 unspecified atom stereocenters. The van der Waals surface area contributed by atoms with Crippen LogP contribution in [0.4, 0.5) is 4.79 Å². The van der Waals surface area contributed by atoms with Crippen LogP contribution in [0.1, 0.15) is 17.3 Å². The fourth-order valence-corrected chi connectivity index (χ4v) is 2.33. The van der Waals surface area contributed by atoms with Crippen molar-refractivity contribution >= 4 is 17.9 Å². The average molecular weight is 328 g/mol. The summed E-state index contributed by atoms with van der Waals surface area (Å²) in [5.41, 5.74) is 1.03. The van der Waals surface area contributed by atoms with Crippen LogP contribution in [-0.2, 0) is 9.53 Å². The van der Waals surface area contributed by atoms with Crippen LogP contribution in [0.3, 0.4) is 0 Å². The second kappa shape index (κ2) is 6.53. The van der Waals surface area contributed by atoms with E-state index in [2.05, 4.69) is 10.4 Å². The molecule has 24 heavy (non-hydrogen) atoms. The first-order valence-corrected chi connectivity index (χ1v) is 7.46. The molecular formula is C16H16N4O4. The van der Waals surface area contributed by atoms with Gasteiger partial charge >= 0.3 is 12.0 Å². The Bertz CT molecular complexity index is 771. The van der Waals surface area contributed by atoms with Gasteiger partial charge in [-0.15, -0.1) is 0 Å². The number of benzene rings is 1. The summed E-state index contributed by atoms with van der Waals surface area (Å²) < 4.78 is 6.68. The third-order valence-electron chi connectivity index (χ3n) is 3.59. The summed E-state index contributed by atoms with van der Waals surface area (Å²) in [7, 11) is 0. The molecule has 1 aliphatic heterocycles. The van der Waals surface area contributed by atoms with Crippen LogP contribution in [0.15, 0.2) is 42.7 Å². The van der Waals surface area contributed by atoms with Crippen LogP contribution in [0.5, 0.6) is 0 Å².